The summed E-state index contributed by atoms with van der Waals surface area (Å²) in [4.78, 5) is 10.1. The largest absolute Gasteiger partial charge is 0.387 e. The summed E-state index contributed by atoms with van der Waals surface area (Å²) in [5, 5.41) is 23.8. The van der Waals surface area contributed by atoms with E-state index in [-0.39, 0.29) is 5.69 Å². The number of benzene rings is 1. The van der Waals surface area contributed by atoms with Crippen LogP contribution >= 0.6 is 0 Å². The van der Waals surface area contributed by atoms with Crippen LogP contribution in [0, 0.1) is 21.4 Å². The lowest BCUT2D eigenvalue weighted by atomic mass is 10.1. The maximum absolute atomic E-state index is 10.5. The number of nitrogens with zero attached hydrogens (tertiary/aromatic N) is 1. The van der Waals surface area contributed by atoms with Gasteiger partial charge in [0.1, 0.15) is 0 Å². The first-order valence-corrected chi connectivity index (χ1v) is 6.53. The molecule has 2 atom stereocenters. The van der Waals surface area contributed by atoms with Crippen LogP contribution < -0.4 is 5.32 Å². The Balaban J connectivity index is 1.79. The summed E-state index contributed by atoms with van der Waals surface area (Å²) in [6.45, 7) is 5.87. The Morgan fingerprint density at radius 3 is 2.53 bits per heavy atom. The highest BCUT2D eigenvalue weighted by atomic mass is 16.6. The number of nitro groups is 1. The summed E-state index contributed by atoms with van der Waals surface area (Å²) < 4.78 is 0. The molecule has 0 aromatic heterocycles. The fourth-order valence-corrected chi connectivity index (χ4v) is 2.25. The molecule has 0 spiro atoms. The summed E-state index contributed by atoms with van der Waals surface area (Å²) in [6, 6.07) is 6.04. The van der Waals surface area contributed by atoms with E-state index in [0.29, 0.717) is 23.4 Å². The van der Waals surface area contributed by atoms with E-state index in [1.807, 2.05) is 0 Å². The number of rotatable bonds is 6. The number of nitrogens with one attached hydrogen (secondary N) is 1. The van der Waals surface area contributed by atoms with Crippen molar-refractivity contribution < 1.29 is 10.0 Å². The van der Waals surface area contributed by atoms with Crippen molar-refractivity contribution in [1.82, 2.24) is 5.32 Å². The molecule has 0 amide bonds. The summed E-state index contributed by atoms with van der Waals surface area (Å²) in [5.41, 5.74) is 1.18. The van der Waals surface area contributed by atoms with Gasteiger partial charge in [0.15, 0.2) is 0 Å². The van der Waals surface area contributed by atoms with Gasteiger partial charge in [-0.3, -0.25) is 10.1 Å². The van der Waals surface area contributed by atoms with Crippen molar-refractivity contribution in [2.45, 2.75) is 26.4 Å². The highest BCUT2D eigenvalue weighted by Crippen LogP contribution is 2.50. The van der Waals surface area contributed by atoms with E-state index < -0.39 is 11.0 Å². The van der Waals surface area contributed by atoms with Crippen molar-refractivity contribution in [3.8, 4) is 0 Å². The number of nitro benzene ring substituents is 1. The average Bonchev–Trinajstić information content (AvgIpc) is 2.97. The van der Waals surface area contributed by atoms with Crippen molar-refractivity contribution in [3.63, 3.8) is 0 Å². The molecule has 1 saturated carbocycles. The standard InChI is InChI=1S/C14H20N2O3/c1-14(2)7-11(14)8-15-9-13(17)10-3-5-12(6-4-10)16(18)19/h3-6,11,13,15,17H,7-9H2,1-2H3. The molecule has 5 heteroatoms. The molecular weight excluding hydrogens is 244 g/mol. The number of hydrogen-bond acceptors (Lipinski definition) is 4. The zero-order chi connectivity index (χ0) is 14.0. The second-order valence-corrected chi connectivity index (χ2v) is 5.91. The van der Waals surface area contributed by atoms with Crippen LogP contribution in [0.2, 0.25) is 0 Å². The van der Waals surface area contributed by atoms with Crippen molar-refractivity contribution in [1.29, 1.82) is 0 Å². The highest BCUT2D eigenvalue weighted by molar-refractivity contribution is 5.33. The second-order valence-electron chi connectivity index (χ2n) is 5.91. The van der Waals surface area contributed by atoms with Gasteiger partial charge in [-0.15, -0.1) is 0 Å². The summed E-state index contributed by atoms with van der Waals surface area (Å²) in [5.74, 6) is 0.691. The monoisotopic (exact) mass is 264 g/mol. The van der Waals surface area contributed by atoms with Gasteiger partial charge in [0.05, 0.1) is 11.0 Å². The topological polar surface area (TPSA) is 75.4 Å². The molecule has 0 saturated heterocycles. The van der Waals surface area contributed by atoms with E-state index in [9.17, 15) is 15.2 Å². The quantitative estimate of drug-likeness (QED) is 0.610. The van der Waals surface area contributed by atoms with Gasteiger partial charge in [-0.25, -0.2) is 0 Å². The minimum Gasteiger partial charge on any atom is -0.387 e. The SMILES string of the molecule is CC1(C)CC1CNCC(O)c1ccc([N+](=O)[O-])cc1. The van der Waals surface area contributed by atoms with E-state index in [4.69, 9.17) is 0 Å². The Labute approximate surface area is 112 Å². The van der Waals surface area contributed by atoms with E-state index in [0.717, 1.165) is 6.54 Å². The summed E-state index contributed by atoms with van der Waals surface area (Å²) in [6.07, 6.45) is 0.607. The Morgan fingerprint density at radius 2 is 2.05 bits per heavy atom. The Hall–Kier alpha value is -1.46. The molecule has 104 valence electrons. The van der Waals surface area contributed by atoms with Gasteiger partial charge in [-0.1, -0.05) is 13.8 Å². The van der Waals surface area contributed by atoms with Crippen LogP contribution in [0.25, 0.3) is 0 Å². The van der Waals surface area contributed by atoms with E-state index in [2.05, 4.69) is 19.2 Å². The Morgan fingerprint density at radius 1 is 1.47 bits per heavy atom. The molecule has 1 fully saturated rings. The maximum atomic E-state index is 10.5. The minimum absolute atomic E-state index is 0.0450. The van der Waals surface area contributed by atoms with Crippen LogP contribution in [0.4, 0.5) is 5.69 Å². The first-order chi connectivity index (χ1) is 8.90. The van der Waals surface area contributed by atoms with Gasteiger partial charge in [0.25, 0.3) is 5.69 Å². The van der Waals surface area contributed by atoms with Gasteiger partial charge in [0, 0.05) is 18.7 Å². The lowest BCUT2D eigenvalue weighted by Gasteiger charge is -2.12. The third-order valence-corrected chi connectivity index (χ3v) is 3.93. The van der Waals surface area contributed by atoms with E-state index >= 15 is 0 Å². The predicted molar refractivity (Wildman–Crippen MR) is 72.8 cm³/mol. The molecule has 0 heterocycles. The lowest BCUT2D eigenvalue weighted by molar-refractivity contribution is -0.384. The normalized spacial score (nSPS) is 21.9. The molecular formula is C14H20N2O3. The van der Waals surface area contributed by atoms with Gasteiger partial charge in [-0.05, 0) is 42.0 Å². The minimum atomic E-state index is -0.623. The molecule has 1 aliphatic carbocycles. The molecule has 2 unspecified atom stereocenters. The molecule has 2 N–H and O–H groups in total. The van der Waals surface area contributed by atoms with Crippen LogP contribution in [0.3, 0.4) is 0 Å². The summed E-state index contributed by atoms with van der Waals surface area (Å²) >= 11 is 0. The van der Waals surface area contributed by atoms with Crippen LogP contribution in [-0.2, 0) is 0 Å². The number of hydrogen-bond donors (Lipinski definition) is 2. The lowest BCUT2D eigenvalue weighted by Crippen LogP contribution is -2.24. The summed E-state index contributed by atoms with van der Waals surface area (Å²) in [7, 11) is 0. The van der Waals surface area contributed by atoms with Crippen molar-refractivity contribution in [2.24, 2.45) is 11.3 Å². The number of aliphatic hydroxyl groups is 1. The van der Waals surface area contributed by atoms with Crippen molar-refractivity contribution >= 4 is 5.69 Å². The molecule has 19 heavy (non-hydrogen) atoms. The fourth-order valence-electron chi connectivity index (χ4n) is 2.25. The van der Waals surface area contributed by atoms with Gasteiger partial charge < -0.3 is 10.4 Å². The smallest absolute Gasteiger partial charge is 0.269 e. The molecule has 1 aliphatic rings. The predicted octanol–water partition coefficient (Wildman–Crippen LogP) is 2.26. The molecule has 5 nitrogen and oxygen atoms in total. The van der Waals surface area contributed by atoms with Crippen LogP contribution in [0.15, 0.2) is 24.3 Å². The van der Waals surface area contributed by atoms with Crippen molar-refractivity contribution in [3.05, 3.63) is 39.9 Å². The molecule has 1 aromatic carbocycles. The number of non-ortho nitro benzene ring substituents is 1. The molecule has 0 aliphatic heterocycles. The molecule has 0 radical (unpaired) electrons. The molecule has 1 aromatic rings. The third kappa shape index (κ3) is 3.52. The van der Waals surface area contributed by atoms with Gasteiger partial charge in [0.2, 0.25) is 0 Å². The van der Waals surface area contributed by atoms with E-state index in [1.54, 1.807) is 12.1 Å². The van der Waals surface area contributed by atoms with Crippen LogP contribution in [0.5, 0.6) is 0 Å². The molecule has 0 bridgehead atoms. The Kier molecular flexibility index (Phi) is 3.87. The Bertz CT molecular complexity index is 456. The maximum Gasteiger partial charge on any atom is 0.269 e. The third-order valence-electron chi connectivity index (χ3n) is 3.93. The average molecular weight is 264 g/mol. The zero-order valence-electron chi connectivity index (χ0n) is 11.3. The fraction of sp³-hybridized carbons (Fsp3) is 0.571. The van der Waals surface area contributed by atoms with Crippen LogP contribution in [-0.4, -0.2) is 23.1 Å². The second kappa shape index (κ2) is 5.27. The van der Waals surface area contributed by atoms with Gasteiger partial charge >= 0.3 is 0 Å². The number of aliphatic hydroxyl groups excluding tert-OH is 1. The van der Waals surface area contributed by atoms with E-state index in [1.165, 1.54) is 18.6 Å². The first-order valence-electron chi connectivity index (χ1n) is 6.53. The highest BCUT2D eigenvalue weighted by Gasteiger charge is 2.44. The first kappa shape index (κ1) is 14.0. The van der Waals surface area contributed by atoms with Crippen molar-refractivity contribution in [2.75, 3.05) is 13.1 Å². The van der Waals surface area contributed by atoms with Crippen LogP contribution in [0.1, 0.15) is 31.9 Å². The van der Waals surface area contributed by atoms with Gasteiger partial charge in [-0.2, -0.15) is 0 Å². The molecule has 2 rings (SSSR count). The zero-order valence-corrected chi connectivity index (χ0v) is 11.3.